The van der Waals surface area contributed by atoms with Crippen LogP contribution in [0.15, 0.2) is 6.33 Å². The van der Waals surface area contributed by atoms with Crippen molar-refractivity contribution in [1.82, 2.24) is 14.8 Å². The Bertz CT molecular complexity index is 274. The third-order valence-electron chi connectivity index (χ3n) is 2.38. The monoisotopic (exact) mass is 212 g/mol. The van der Waals surface area contributed by atoms with Crippen molar-refractivity contribution in [1.29, 1.82) is 0 Å². The molecule has 86 valence electrons. The molecule has 0 saturated carbocycles. The van der Waals surface area contributed by atoms with E-state index in [2.05, 4.69) is 17.1 Å². The van der Waals surface area contributed by atoms with E-state index in [-0.39, 0.29) is 6.04 Å². The van der Waals surface area contributed by atoms with E-state index in [0.717, 1.165) is 31.6 Å². The highest BCUT2D eigenvalue weighted by Gasteiger charge is 2.12. The molecule has 0 aromatic carbocycles. The van der Waals surface area contributed by atoms with E-state index in [1.54, 1.807) is 13.4 Å². The van der Waals surface area contributed by atoms with Crippen molar-refractivity contribution in [3.8, 4) is 0 Å². The summed E-state index contributed by atoms with van der Waals surface area (Å²) in [5.41, 5.74) is 6.03. The maximum atomic E-state index is 6.03. The van der Waals surface area contributed by atoms with Gasteiger partial charge in [0.2, 0.25) is 0 Å². The van der Waals surface area contributed by atoms with Gasteiger partial charge in [-0.1, -0.05) is 19.8 Å². The number of nitrogens with zero attached hydrogens (tertiary/aromatic N) is 3. The number of hydrogen-bond acceptors (Lipinski definition) is 4. The fraction of sp³-hybridized carbons (Fsp3) is 0.800. The summed E-state index contributed by atoms with van der Waals surface area (Å²) in [6.45, 7) is 3.58. The van der Waals surface area contributed by atoms with Gasteiger partial charge < -0.3 is 15.0 Å². The van der Waals surface area contributed by atoms with Crippen molar-refractivity contribution in [3.63, 3.8) is 0 Å². The summed E-state index contributed by atoms with van der Waals surface area (Å²) >= 11 is 0. The van der Waals surface area contributed by atoms with Crippen LogP contribution in [0, 0.1) is 0 Å². The minimum absolute atomic E-state index is 0.00990. The van der Waals surface area contributed by atoms with Gasteiger partial charge in [0.25, 0.3) is 0 Å². The van der Waals surface area contributed by atoms with E-state index in [1.165, 1.54) is 0 Å². The number of unbranched alkanes of at least 4 members (excludes halogenated alkanes) is 1. The molecule has 0 aliphatic carbocycles. The SMILES string of the molecule is CCCC[C@H](N)c1nncn1CCOC. The van der Waals surface area contributed by atoms with Gasteiger partial charge in [0.15, 0.2) is 0 Å². The first-order valence-electron chi connectivity index (χ1n) is 5.41. The van der Waals surface area contributed by atoms with Gasteiger partial charge >= 0.3 is 0 Å². The highest BCUT2D eigenvalue weighted by atomic mass is 16.5. The number of ether oxygens (including phenoxy) is 1. The molecule has 0 fully saturated rings. The van der Waals surface area contributed by atoms with Crippen LogP contribution in [-0.2, 0) is 11.3 Å². The van der Waals surface area contributed by atoms with E-state index in [4.69, 9.17) is 10.5 Å². The third-order valence-corrected chi connectivity index (χ3v) is 2.38. The number of aromatic nitrogens is 3. The Kier molecular flexibility index (Phi) is 5.28. The fourth-order valence-corrected chi connectivity index (χ4v) is 1.47. The summed E-state index contributed by atoms with van der Waals surface area (Å²) in [5, 5.41) is 7.94. The zero-order valence-corrected chi connectivity index (χ0v) is 9.52. The van der Waals surface area contributed by atoms with Gasteiger partial charge in [-0.3, -0.25) is 0 Å². The van der Waals surface area contributed by atoms with Crippen molar-refractivity contribution in [2.24, 2.45) is 5.73 Å². The molecule has 15 heavy (non-hydrogen) atoms. The summed E-state index contributed by atoms with van der Waals surface area (Å²) in [6, 6.07) is -0.00990. The van der Waals surface area contributed by atoms with Crippen molar-refractivity contribution in [2.45, 2.75) is 38.8 Å². The fourth-order valence-electron chi connectivity index (χ4n) is 1.47. The van der Waals surface area contributed by atoms with E-state index in [9.17, 15) is 0 Å². The van der Waals surface area contributed by atoms with Crippen molar-refractivity contribution in [2.75, 3.05) is 13.7 Å². The van der Waals surface area contributed by atoms with Gasteiger partial charge in [-0.2, -0.15) is 0 Å². The van der Waals surface area contributed by atoms with E-state index < -0.39 is 0 Å². The molecule has 1 heterocycles. The number of methoxy groups -OCH3 is 1. The van der Waals surface area contributed by atoms with Crippen LogP contribution in [0.2, 0.25) is 0 Å². The van der Waals surface area contributed by atoms with Crippen LogP contribution in [0.25, 0.3) is 0 Å². The standard InChI is InChI=1S/C10H20N4O/c1-3-4-5-9(11)10-13-12-8-14(10)6-7-15-2/h8-9H,3-7,11H2,1-2H3/t9-/m0/s1. The first kappa shape index (κ1) is 12.1. The maximum Gasteiger partial charge on any atom is 0.149 e. The third kappa shape index (κ3) is 3.60. The van der Waals surface area contributed by atoms with Crippen LogP contribution in [0.1, 0.15) is 38.1 Å². The summed E-state index contributed by atoms with van der Waals surface area (Å²) in [6.07, 6.45) is 4.94. The zero-order chi connectivity index (χ0) is 11.1. The summed E-state index contributed by atoms with van der Waals surface area (Å²) < 4.78 is 6.98. The Labute approximate surface area is 90.6 Å². The average Bonchev–Trinajstić information content (AvgIpc) is 2.71. The minimum Gasteiger partial charge on any atom is -0.383 e. The minimum atomic E-state index is -0.00990. The van der Waals surface area contributed by atoms with Gasteiger partial charge in [-0.05, 0) is 6.42 Å². The molecular weight excluding hydrogens is 192 g/mol. The molecule has 0 saturated heterocycles. The summed E-state index contributed by atoms with van der Waals surface area (Å²) in [5.74, 6) is 0.862. The number of nitrogens with two attached hydrogens (primary N) is 1. The Morgan fingerprint density at radius 2 is 2.40 bits per heavy atom. The molecule has 5 nitrogen and oxygen atoms in total. The maximum absolute atomic E-state index is 6.03. The molecule has 0 spiro atoms. The number of hydrogen-bond donors (Lipinski definition) is 1. The smallest absolute Gasteiger partial charge is 0.149 e. The average molecular weight is 212 g/mol. The molecule has 0 aliphatic heterocycles. The molecule has 0 bridgehead atoms. The van der Waals surface area contributed by atoms with Crippen LogP contribution in [0.3, 0.4) is 0 Å². The van der Waals surface area contributed by atoms with E-state index >= 15 is 0 Å². The van der Waals surface area contributed by atoms with Crippen LogP contribution in [-0.4, -0.2) is 28.5 Å². The highest BCUT2D eigenvalue weighted by molar-refractivity contribution is 4.93. The Morgan fingerprint density at radius 1 is 1.60 bits per heavy atom. The molecule has 0 unspecified atom stereocenters. The Balaban J connectivity index is 2.54. The number of rotatable bonds is 7. The molecule has 1 rings (SSSR count). The van der Waals surface area contributed by atoms with E-state index in [1.807, 2.05) is 4.57 Å². The van der Waals surface area contributed by atoms with Crippen molar-refractivity contribution >= 4 is 0 Å². The molecule has 0 amide bonds. The second-order valence-electron chi connectivity index (χ2n) is 3.62. The van der Waals surface area contributed by atoms with Crippen molar-refractivity contribution < 1.29 is 4.74 Å². The van der Waals surface area contributed by atoms with Gasteiger partial charge in [-0.15, -0.1) is 10.2 Å². The topological polar surface area (TPSA) is 66.0 Å². The van der Waals surface area contributed by atoms with Gasteiger partial charge in [-0.25, -0.2) is 0 Å². The van der Waals surface area contributed by atoms with Crippen LogP contribution in [0.4, 0.5) is 0 Å². The lowest BCUT2D eigenvalue weighted by Gasteiger charge is -2.12. The summed E-state index contributed by atoms with van der Waals surface area (Å²) in [7, 11) is 1.68. The first-order valence-corrected chi connectivity index (χ1v) is 5.41. The van der Waals surface area contributed by atoms with Gasteiger partial charge in [0.05, 0.1) is 12.6 Å². The van der Waals surface area contributed by atoms with Gasteiger partial charge in [0, 0.05) is 13.7 Å². The lowest BCUT2D eigenvalue weighted by atomic mass is 10.1. The molecule has 1 atom stereocenters. The van der Waals surface area contributed by atoms with Gasteiger partial charge in [0.1, 0.15) is 12.2 Å². The zero-order valence-electron chi connectivity index (χ0n) is 9.52. The van der Waals surface area contributed by atoms with Crippen molar-refractivity contribution in [3.05, 3.63) is 12.2 Å². The largest absolute Gasteiger partial charge is 0.383 e. The predicted octanol–water partition coefficient (Wildman–Crippen LogP) is 1.11. The van der Waals surface area contributed by atoms with Crippen LogP contribution in [0.5, 0.6) is 0 Å². The van der Waals surface area contributed by atoms with Crippen LogP contribution >= 0.6 is 0 Å². The predicted molar refractivity (Wildman–Crippen MR) is 58.4 cm³/mol. The van der Waals surface area contributed by atoms with Crippen LogP contribution < -0.4 is 5.73 Å². The first-order chi connectivity index (χ1) is 7.29. The normalized spacial score (nSPS) is 13.0. The molecule has 5 heteroatoms. The molecule has 0 aliphatic rings. The molecule has 2 N–H and O–H groups in total. The molecular formula is C10H20N4O. The lowest BCUT2D eigenvalue weighted by Crippen LogP contribution is -2.18. The Morgan fingerprint density at radius 3 is 3.07 bits per heavy atom. The molecule has 1 aromatic rings. The lowest BCUT2D eigenvalue weighted by molar-refractivity contribution is 0.185. The van der Waals surface area contributed by atoms with E-state index in [0.29, 0.717) is 6.61 Å². The second kappa shape index (κ2) is 6.53. The second-order valence-corrected chi connectivity index (χ2v) is 3.62. The Hall–Kier alpha value is -0.940. The molecule has 0 radical (unpaired) electrons. The quantitative estimate of drug-likeness (QED) is 0.735. The molecule has 1 aromatic heterocycles. The summed E-state index contributed by atoms with van der Waals surface area (Å²) in [4.78, 5) is 0. The highest BCUT2D eigenvalue weighted by Crippen LogP contribution is 2.13.